The maximum atomic E-state index is 14.0. The fourth-order valence-corrected chi connectivity index (χ4v) is 4.30. The van der Waals surface area contributed by atoms with Crippen LogP contribution in [0.25, 0.3) is 22.2 Å². The maximum absolute atomic E-state index is 14.0. The second-order valence-electron chi connectivity index (χ2n) is 8.33. The molecule has 148 valence electrons. The van der Waals surface area contributed by atoms with Crippen LogP contribution in [0.15, 0.2) is 48.8 Å². The van der Waals surface area contributed by atoms with Crippen molar-refractivity contribution in [3.8, 4) is 17.3 Å². The minimum Gasteiger partial charge on any atom is -0.361 e. The first kappa shape index (κ1) is 18.3. The van der Waals surface area contributed by atoms with E-state index in [-0.39, 0.29) is 11.2 Å². The Balaban J connectivity index is 1.56. The van der Waals surface area contributed by atoms with Crippen molar-refractivity contribution in [3.05, 3.63) is 71.3 Å². The topological polar surface area (TPSA) is 77.4 Å². The number of H-pyrrole nitrogens is 1. The molecule has 0 saturated heterocycles. The molecular weight excluding hydrogens is 377 g/mol. The van der Waals surface area contributed by atoms with E-state index in [0.29, 0.717) is 22.7 Å². The number of nitriles is 1. The molecule has 2 aromatic carbocycles. The molecule has 0 saturated carbocycles. The van der Waals surface area contributed by atoms with Crippen LogP contribution in [0.4, 0.5) is 16.0 Å². The molecule has 6 heteroatoms. The first-order chi connectivity index (χ1) is 14.4. The van der Waals surface area contributed by atoms with Gasteiger partial charge in [-0.3, -0.25) is 0 Å². The molecule has 0 aliphatic heterocycles. The van der Waals surface area contributed by atoms with E-state index < -0.39 is 0 Å². The van der Waals surface area contributed by atoms with Gasteiger partial charge in [0.15, 0.2) is 0 Å². The predicted octanol–water partition coefficient (Wildman–Crippen LogP) is 5.60. The van der Waals surface area contributed by atoms with Gasteiger partial charge in [0.2, 0.25) is 5.95 Å². The monoisotopic (exact) mass is 397 g/mol. The normalized spacial score (nSPS) is 14.5. The van der Waals surface area contributed by atoms with Crippen molar-refractivity contribution in [2.75, 3.05) is 5.32 Å². The zero-order chi connectivity index (χ0) is 20.9. The molecule has 2 N–H and O–H groups in total. The Morgan fingerprint density at radius 3 is 2.90 bits per heavy atom. The van der Waals surface area contributed by atoms with Gasteiger partial charge in [0.1, 0.15) is 5.82 Å². The third kappa shape index (κ3) is 3.00. The highest BCUT2D eigenvalue weighted by Gasteiger charge is 2.32. The van der Waals surface area contributed by atoms with E-state index in [1.54, 1.807) is 12.4 Å². The molecule has 4 aromatic rings. The zero-order valence-corrected chi connectivity index (χ0v) is 16.8. The molecule has 0 atom stereocenters. The molecule has 2 heterocycles. The van der Waals surface area contributed by atoms with Crippen molar-refractivity contribution in [2.45, 2.75) is 32.1 Å². The third-order valence-corrected chi connectivity index (χ3v) is 5.93. The van der Waals surface area contributed by atoms with E-state index in [1.807, 2.05) is 18.2 Å². The summed E-state index contributed by atoms with van der Waals surface area (Å²) in [5.41, 5.74) is 6.00. The second-order valence-corrected chi connectivity index (χ2v) is 8.33. The molecule has 2 aromatic heterocycles. The predicted molar refractivity (Wildman–Crippen MR) is 115 cm³/mol. The Morgan fingerprint density at radius 2 is 2.07 bits per heavy atom. The SMILES string of the molecule is CC1(C)CCc2c(C#N)cc(-c3ccnc(Nc4cc(F)cc5[nH]ccc45)n3)cc21. The lowest BCUT2D eigenvalue weighted by molar-refractivity contribution is 0.522. The molecule has 0 fully saturated rings. The van der Waals surface area contributed by atoms with Crippen LogP contribution >= 0.6 is 0 Å². The van der Waals surface area contributed by atoms with Crippen LogP contribution in [-0.2, 0) is 11.8 Å². The van der Waals surface area contributed by atoms with Gasteiger partial charge in [0.05, 0.1) is 28.5 Å². The maximum Gasteiger partial charge on any atom is 0.227 e. The van der Waals surface area contributed by atoms with E-state index >= 15 is 0 Å². The smallest absolute Gasteiger partial charge is 0.227 e. The van der Waals surface area contributed by atoms with Crippen LogP contribution in [0.5, 0.6) is 0 Å². The number of halogens is 1. The number of aromatic amines is 1. The highest BCUT2D eigenvalue weighted by molar-refractivity contribution is 5.93. The molecule has 0 radical (unpaired) electrons. The van der Waals surface area contributed by atoms with Crippen LogP contribution in [0.2, 0.25) is 0 Å². The Bertz CT molecular complexity index is 1330. The highest BCUT2D eigenvalue weighted by Crippen LogP contribution is 2.41. The number of benzene rings is 2. The number of anilines is 2. The van der Waals surface area contributed by atoms with Gasteiger partial charge in [-0.1, -0.05) is 13.8 Å². The summed E-state index contributed by atoms with van der Waals surface area (Å²) in [5, 5.41) is 13.7. The Hall–Kier alpha value is -3.72. The quantitative estimate of drug-likeness (QED) is 0.471. The van der Waals surface area contributed by atoms with Crippen molar-refractivity contribution in [2.24, 2.45) is 0 Å². The van der Waals surface area contributed by atoms with Crippen molar-refractivity contribution in [3.63, 3.8) is 0 Å². The van der Waals surface area contributed by atoms with Crippen molar-refractivity contribution in [1.82, 2.24) is 15.0 Å². The molecule has 0 amide bonds. The van der Waals surface area contributed by atoms with E-state index in [1.165, 1.54) is 17.7 Å². The summed E-state index contributed by atoms with van der Waals surface area (Å²) in [4.78, 5) is 12.0. The number of fused-ring (bicyclic) bond motifs is 2. The van der Waals surface area contributed by atoms with Gasteiger partial charge in [0, 0.05) is 23.3 Å². The molecule has 30 heavy (non-hydrogen) atoms. The first-order valence-electron chi connectivity index (χ1n) is 9.89. The van der Waals surface area contributed by atoms with Crippen molar-refractivity contribution in [1.29, 1.82) is 5.26 Å². The Morgan fingerprint density at radius 1 is 1.20 bits per heavy atom. The van der Waals surface area contributed by atoms with Gasteiger partial charge in [-0.15, -0.1) is 0 Å². The van der Waals surface area contributed by atoms with Crippen LogP contribution < -0.4 is 5.32 Å². The lowest BCUT2D eigenvalue weighted by atomic mass is 9.84. The molecule has 0 bridgehead atoms. The fraction of sp³-hybridized carbons (Fsp3) is 0.208. The van der Waals surface area contributed by atoms with Gasteiger partial charge in [-0.25, -0.2) is 14.4 Å². The average Bonchev–Trinajstić information content (AvgIpc) is 3.32. The Kier molecular flexibility index (Phi) is 4.07. The summed E-state index contributed by atoms with van der Waals surface area (Å²) in [5.74, 6) is 0.0296. The average molecular weight is 397 g/mol. The zero-order valence-electron chi connectivity index (χ0n) is 16.8. The number of hydrogen-bond donors (Lipinski definition) is 2. The summed E-state index contributed by atoms with van der Waals surface area (Å²) >= 11 is 0. The van der Waals surface area contributed by atoms with Crippen molar-refractivity contribution >= 4 is 22.5 Å². The van der Waals surface area contributed by atoms with Crippen LogP contribution in [0.3, 0.4) is 0 Å². The largest absolute Gasteiger partial charge is 0.361 e. The lowest BCUT2D eigenvalue weighted by Gasteiger charge is -2.20. The van der Waals surface area contributed by atoms with Gasteiger partial charge < -0.3 is 10.3 Å². The molecular formula is C24H20FN5. The molecule has 5 rings (SSSR count). The van der Waals surface area contributed by atoms with Gasteiger partial charge in [0.25, 0.3) is 0 Å². The second kappa shape index (κ2) is 6.67. The number of nitrogens with one attached hydrogen (secondary N) is 2. The first-order valence-corrected chi connectivity index (χ1v) is 9.89. The molecule has 5 nitrogen and oxygen atoms in total. The third-order valence-electron chi connectivity index (χ3n) is 5.93. The minimum atomic E-state index is -0.344. The summed E-state index contributed by atoms with van der Waals surface area (Å²) in [6.07, 6.45) is 5.39. The van der Waals surface area contributed by atoms with Crippen LogP contribution in [0.1, 0.15) is 37.0 Å². The molecule has 1 aliphatic rings. The van der Waals surface area contributed by atoms with Crippen LogP contribution in [0, 0.1) is 17.1 Å². The molecule has 0 unspecified atom stereocenters. The Labute approximate surface area is 173 Å². The van der Waals surface area contributed by atoms with E-state index in [0.717, 1.165) is 35.0 Å². The van der Waals surface area contributed by atoms with Gasteiger partial charge in [-0.05, 0) is 65.8 Å². The van der Waals surface area contributed by atoms with Gasteiger partial charge in [-0.2, -0.15) is 5.26 Å². The highest BCUT2D eigenvalue weighted by atomic mass is 19.1. The fourth-order valence-electron chi connectivity index (χ4n) is 4.30. The van der Waals surface area contributed by atoms with E-state index in [2.05, 4.69) is 46.3 Å². The minimum absolute atomic E-state index is 0.0342. The molecule has 1 aliphatic carbocycles. The molecule has 0 spiro atoms. The standard InChI is InChI=1S/C24H20FN5/c1-24(2)6-3-17-15(13-26)9-14(10-19(17)24)20-5-8-28-23(29-20)30-22-12-16(25)11-21-18(22)4-7-27-21/h4-5,7-12,27H,3,6H2,1-2H3,(H,28,29,30). The number of nitrogens with zero attached hydrogens (tertiary/aromatic N) is 3. The van der Waals surface area contributed by atoms with Gasteiger partial charge >= 0.3 is 0 Å². The summed E-state index contributed by atoms with van der Waals surface area (Å²) in [7, 11) is 0. The summed E-state index contributed by atoms with van der Waals surface area (Å²) in [6.45, 7) is 4.42. The van der Waals surface area contributed by atoms with E-state index in [9.17, 15) is 9.65 Å². The van der Waals surface area contributed by atoms with Crippen molar-refractivity contribution < 1.29 is 4.39 Å². The van der Waals surface area contributed by atoms with Crippen LogP contribution in [-0.4, -0.2) is 15.0 Å². The lowest BCUT2D eigenvalue weighted by Crippen LogP contribution is -2.12. The number of hydrogen-bond acceptors (Lipinski definition) is 4. The number of rotatable bonds is 3. The van der Waals surface area contributed by atoms with E-state index in [4.69, 9.17) is 0 Å². The number of aromatic nitrogens is 3. The summed E-state index contributed by atoms with van der Waals surface area (Å²) in [6, 6.07) is 13.0. The summed E-state index contributed by atoms with van der Waals surface area (Å²) < 4.78 is 14.0.